The fraction of sp³-hybridized carbons (Fsp3) is 0.333. The average molecular weight is 284 g/mol. The van der Waals surface area contributed by atoms with Crippen LogP contribution in [0.5, 0.6) is 5.75 Å². The Bertz CT molecular complexity index is 523. The largest absolute Gasteiger partial charge is 0.492 e. The fourth-order valence-corrected chi connectivity index (χ4v) is 2.18. The number of benzene rings is 2. The molecule has 0 aliphatic heterocycles. The summed E-state index contributed by atoms with van der Waals surface area (Å²) in [5.74, 6) is 0.868. The third kappa shape index (κ3) is 5.12. The third-order valence-corrected chi connectivity index (χ3v) is 3.49. The zero-order valence-corrected chi connectivity index (χ0v) is 12.8. The van der Waals surface area contributed by atoms with Gasteiger partial charge in [0.15, 0.2) is 0 Å². The molecule has 0 aromatic heterocycles. The predicted octanol–water partition coefficient (Wildman–Crippen LogP) is 3.56. The van der Waals surface area contributed by atoms with E-state index >= 15 is 0 Å². The topological polar surface area (TPSA) is 38.5 Å². The van der Waals surface area contributed by atoms with Crippen LogP contribution >= 0.6 is 0 Å². The van der Waals surface area contributed by atoms with Crippen LogP contribution in [-0.2, 0) is 6.54 Å². The summed E-state index contributed by atoms with van der Waals surface area (Å²) in [5.41, 5.74) is 7.76. The van der Waals surface area contributed by atoms with Gasteiger partial charge in [-0.05, 0) is 43.7 Å². The summed E-state index contributed by atoms with van der Waals surface area (Å²) < 4.78 is 5.78. The number of rotatable bonds is 7. The highest BCUT2D eigenvalue weighted by molar-refractivity contribution is 5.41. The van der Waals surface area contributed by atoms with Crippen LogP contribution < -0.4 is 10.5 Å². The van der Waals surface area contributed by atoms with Gasteiger partial charge in [-0.15, -0.1) is 0 Å². The quantitative estimate of drug-likeness (QED) is 0.790. The minimum atomic E-state index is 0.486. The number of ether oxygens (including phenoxy) is 1. The van der Waals surface area contributed by atoms with Crippen molar-refractivity contribution in [3.05, 3.63) is 60.2 Å². The van der Waals surface area contributed by atoms with Crippen molar-refractivity contribution in [2.45, 2.75) is 26.4 Å². The number of nitrogens with zero attached hydrogens (tertiary/aromatic N) is 1. The Hall–Kier alpha value is -2.00. The molecule has 0 heterocycles. The molecule has 3 nitrogen and oxygen atoms in total. The summed E-state index contributed by atoms with van der Waals surface area (Å²) in [6, 6.07) is 18.6. The van der Waals surface area contributed by atoms with Gasteiger partial charge in [0.05, 0.1) is 0 Å². The second-order valence-electron chi connectivity index (χ2n) is 5.47. The Labute approximate surface area is 127 Å². The number of hydrogen-bond donors (Lipinski definition) is 1. The Kier molecular flexibility index (Phi) is 5.64. The van der Waals surface area contributed by atoms with Gasteiger partial charge in [-0.3, -0.25) is 4.90 Å². The lowest BCUT2D eigenvalue weighted by molar-refractivity contribution is 0.169. The van der Waals surface area contributed by atoms with Gasteiger partial charge in [-0.1, -0.05) is 30.3 Å². The molecule has 0 aliphatic carbocycles. The van der Waals surface area contributed by atoms with Crippen LogP contribution in [0.15, 0.2) is 54.6 Å². The zero-order chi connectivity index (χ0) is 15.1. The van der Waals surface area contributed by atoms with Crippen LogP contribution in [0.25, 0.3) is 0 Å². The molecule has 0 saturated carbocycles. The number of nitrogens with two attached hydrogens (primary N) is 1. The van der Waals surface area contributed by atoms with Crippen molar-refractivity contribution < 1.29 is 4.74 Å². The molecule has 0 radical (unpaired) electrons. The van der Waals surface area contributed by atoms with E-state index in [1.807, 2.05) is 30.3 Å². The van der Waals surface area contributed by atoms with E-state index in [9.17, 15) is 0 Å². The van der Waals surface area contributed by atoms with Crippen LogP contribution in [0.3, 0.4) is 0 Å². The maximum atomic E-state index is 5.78. The summed E-state index contributed by atoms with van der Waals surface area (Å²) in [6.07, 6.45) is 0. The van der Waals surface area contributed by atoms with Gasteiger partial charge in [-0.2, -0.15) is 0 Å². The van der Waals surface area contributed by atoms with Crippen molar-refractivity contribution in [2.75, 3.05) is 18.9 Å². The minimum absolute atomic E-state index is 0.486. The molecule has 0 aliphatic rings. The summed E-state index contributed by atoms with van der Waals surface area (Å²) in [5, 5.41) is 0. The summed E-state index contributed by atoms with van der Waals surface area (Å²) in [7, 11) is 0. The highest BCUT2D eigenvalue weighted by Gasteiger charge is 2.10. The van der Waals surface area contributed by atoms with Gasteiger partial charge in [0, 0.05) is 24.8 Å². The first-order valence-electron chi connectivity index (χ1n) is 7.41. The first-order chi connectivity index (χ1) is 10.1. The van der Waals surface area contributed by atoms with Crippen molar-refractivity contribution in [1.82, 2.24) is 4.90 Å². The van der Waals surface area contributed by atoms with Gasteiger partial charge >= 0.3 is 0 Å². The van der Waals surface area contributed by atoms with Crippen molar-refractivity contribution in [3.63, 3.8) is 0 Å². The molecule has 112 valence electrons. The van der Waals surface area contributed by atoms with E-state index in [1.165, 1.54) is 5.56 Å². The van der Waals surface area contributed by atoms with Crippen LogP contribution in [0.2, 0.25) is 0 Å². The number of anilines is 1. The first-order valence-corrected chi connectivity index (χ1v) is 7.41. The Balaban J connectivity index is 1.84. The minimum Gasteiger partial charge on any atom is -0.492 e. The molecular formula is C18H24N2O. The van der Waals surface area contributed by atoms with E-state index in [4.69, 9.17) is 10.5 Å². The van der Waals surface area contributed by atoms with Gasteiger partial charge in [0.1, 0.15) is 12.4 Å². The normalized spacial score (nSPS) is 11.0. The van der Waals surface area contributed by atoms with Crippen molar-refractivity contribution in [3.8, 4) is 5.75 Å². The number of hydrogen-bond acceptors (Lipinski definition) is 3. The molecule has 3 heteroatoms. The van der Waals surface area contributed by atoms with E-state index in [0.29, 0.717) is 12.6 Å². The molecule has 0 fully saturated rings. The molecule has 0 amide bonds. The van der Waals surface area contributed by atoms with Crippen LogP contribution in [0.1, 0.15) is 19.4 Å². The lowest BCUT2D eigenvalue weighted by Crippen LogP contribution is -2.34. The molecule has 2 rings (SSSR count). The maximum absolute atomic E-state index is 5.78. The molecule has 21 heavy (non-hydrogen) atoms. The zero-order valence-electron chi connectivity index (χ0n) is 12.8. The maximum Gasteiger partial charge on any atom is 0.119 e. The van der Waals surface area contributed by atoms with E-state index in [0.717, 1.165) is 24.5 Å². The molecule has 2 aromatic rings. The molecule has 0 spiro atoms. The molecule has 0 unspecified atom stereocenters. The molecule has 0 saturated heterocycles. The summed E-state index contributed by atoms with van der Waals surface area (Å²) >= 11 is 0. The average Bonchev–Trinajstić information content (AvgIpc) is 2.49. The van der Waals surface area contributed by atoms with E-state index in [2.05, 4.69) is 43.0 Å². The molecule has 0 atom stereocenters. The smallest absolute Gasteiger partial charge is 0.119 e. The molecular weight excluding hydrogens is 260 g/mol. The Morgan fingerprint density at radius 3 is 2.29 bits per heavy atom. The second kappa shape index (κ2) is 7.70. The van der Waals surface area contributed by atoms with Crippen molar-refractivity contribution in [1.29, 1.82) is 0 Å². The monoisotopic (exact) mass is 284 g/mol. The van der Waals surface area contributed by atoms with Crippen LogP contribution in [-0.4, -0.2) is 24.1 Å². The highest BCUT2D eigenvalue weighted by Crippen LogP contribution is 2.13. The van der Waals surface area contributed by atoms with Crippen LogP contribution in [0, 0.1) is 0 Å². The summed E-state index contributed by atoms with van der Waals surface area (Å²) in [6.45, 7) is 6.95. The predicted molar refractivity (Wildman–Crippen MR) is 88.3 cm³/mol. The van der Waals surface area contributed by atoms with Crippen LogP contribution in [0.4, 0.5) is 5.69 Å². The SMILES string of the molecule is CC(C)N(CCOc1ccc(N)cc1)Cc1ccccc1. The molecule has 0 bridgehead atoms. The lowest BCUT2D eigenvalue weighted by Gasteiger charge is -2.26. The summed E-state index contributed by atoms with van der Waals surface area (Å²) in [4.78, 5) is 2.41. The van der Waals surface area contributed by atoms with E-state index in [-0.39, 0.29) is 0 Å². The van der Waals surface area contributed by atoms with E-state index in [1.54, 1.807) is 0 Å². The van der Waals surface area contributed by atoms with Gasteiger partial charge in [0.25, 0.3) is 0 Å². The highest BCUT2D eigenvalue weighted by atomic mass is 16.5. The first kappa shape index (κ1) is 15.4. The third-order valence-electron chi connectivity index (χ3n) is 3.49. The Morgan fingerprint density at radius 1 is 1.00 bits per heavy atom. The number of nitrogen functional groups attached to an aromatic ring is 1. The van der Waals surface area contributed by atoms with Crippen molar-refractivity contribution >= 4 is 5.69 Å². The van der Waals surface area contributed by atoms with E-state index < -0.39 is 0 Å². The van der Waals surface area contributed by atoms with Gasteiger partial charge in [0.2, 0.25) is 0 Å². The molecule has 2 N–H and O–H groups in total. The standard InChI is InChI=1S/C18H24N2O/c1-15(2)20(14-16-6-4-3-5-7-16)12-13-21-18-10-8-17(19)9-11-18/h3-11,15H,12-14,19H2,1-2H3. The van der Waals surface area contributed by atoms with Gasteiger partial charge < -0.3 is 10.5 Å². The molecule has 2 aromatic carbocycles. The fourth-order valence-electron chi connectivity index (χ4n) is 2.18. The van der Waals surface area contributed by atoms with Gasteiger partial charge in [-0.25, -0.2) is 0 Å². The lowest BCUT2D eigenvalue weighted by atomic mass is 10.2. The Morgan fingerprint density at radius 2 is 1.67 bits per heavy atom. The second-order valence-corrected chi connectivity index (χ2v) is 5.47. The van der Waals surface area contributed by atoms with Crippen molar-refractivity contribution in [2.24, 2.45) is 0 Å².